The van der Waals surface area contributed by atoms with Gasteiger partial charge in [0.25, 0.3) is 0 Å². The van der Waals surface area contributed by atoms with Crippen molar-refractivity contribution in [3.63, 3.8) is 0 Å². The Morgan fingerprint density at radius 1 is 1.27 bits per heavy atom. The molecule has 2 aliphatic carbocycles. The van der Waals surface area contributed by atoms with Crippen LogP contribution in [0.25, 0.3) is 0 Å². The van der Waals surface area contributed by atoms with Crippen molar-refractivity contribution in [1.29, 1.82) is 0 Å². The van der Waals surface area contributed by atoms with Crippen molar-refractivity contribution in [3.05, 3.63) is 29.3 Å². The molecule has 1 saturated carbocycles. The van der Waals surface area contributed by atoms with Crippen molar-refractivity contribution in [3.8, 4) is 18.1 Å². The van der Waals surface area contributed by atoms with Gasteiger partial charge in [-0.1, -0.05) is 25.8 Å². The van der Waals surface area contributed by atoms with Crippen molar-refractivity contribution in [2.24, 2.45) is 17.3 Å². The number of benzene rings is 1. The topological polar surface area (TPSA) is 29.5 Å². The van der Waals surface area contributed by atoms with Crippen molar-refractivity contribution < 1.29 is 9.84 Å². The van der Waals surface area contributed by atoms with E-state index in [1.54, 1.807) is 7.11 Å². The molecule has 1 aromatic rings. The number of hydrogen-bond donors (Lipinski definition) is 1. The molecule has 0 amide bonds. The summed E-state index contributed by atoms with van der Waals surface area (Å²) in [5.74, 6) is 4.72. The molecule has 0 saturated heterocycles. The Balaban J connectivity index is 1.82. The van der Waals surface area contributed by atoms with Crippen LogP contribution in [0.1, 0.15) is 44.2 Å². The number of ether oxygens (including phenoxy) is 1. The number of terminal acetylenes is 1. The molecule has 1 fully saturated rings. The molecule has 22 heavy (non-hydrogen) atoms. The molecule has 2 aliphatic rings. The molecule has 0 radical (unpaired) electrons. The van der Waals surface area contributed by atoms with Gasteiger partial charge in [-0.15, -0.1) is 6.42 Å². The van der Waals surface area contributed by atoms with Crippen LogP contribution in [0.3, 0.4) is 0 Å². The van der Waals surface area contributed by atoms with Crippen LogP contribution in [0.4, 0.5) is 0 Å². The van der Waals surface area contributed by atoms with Crippen molar-refractivity contribution >= 4 is 0 Å². The Morgan fingerprint density at radius 3 is 2.68 bits per heavy atom. The number of fused-ring (bicyclic) bond motifs is 1. The average Bonchev–Trinajstić information content (AvgIpc) is 2.77. The molecule has 0 aliphatic heterocycles. The first-order valence-corrected chi connectivity index (χ1v) is 8.27. The minimum absolute atomic E-state index is 0.212. The van der Waals surface area contributed by atoms with Crippen LogP contribution in [0.5, 0.6) is 5.75 Å². The third-order valence-electron chi connectivity index (χ3n) is 6.30. The molecule has 0 bridgehead atoms. The van der Waals surface area contributed by atoms with Gasteiger partial charge in [0.05, 0.1) is 7.11 Å². The molecule has 118 valence electrons. The van der Waals surface area contributed by atoms with Gasteiger partial charge in [0.2, 0.25) is 0 Å². The lowest BCUT2D eigenvalue weighted by atomic mass is 9.64. The highest BCUT2D eigenvalue weighted by Crippen LogP contribution is 2.54. The van der Waals surface area contributed by atoms with Gasteiger partial charge in [0.1, 0.15) is 11.4 Å². The Hall–Kier alpha value is -1.46. The molecular weight excluding hydrogens is 272 g/mol. The molecular formula is C20H26O2. The SMILES string of the molecule is C#C[C@]1(O)CCC(C2CCc3cc(OC)ccc3C2)C1(C)C. The standard InChI is InChI=1S/C20H26O2/c1-5-20(21)11-10-18(19(20,2)3)16-7-6-15-13-17(22-4)9-8-14(15)12-16/h1,8-9,13,16,18,21H,6-7,10-12H2,2-4H3/t16?,18?,20-/m0/s1. The molecule has 0 spiro atoms. The number of aliphatic hydroxyl groups is 1. The summed E-state index contributed by atoms with van der Waals surface area (Å²) < 4.78 is 5.33. The molecule has 1 N–H and O–H groups in total. The monoisotopic (exact) mass is 298 g/mol. The molecule has 3 rings (SSSR count). The zero-order chi connectivity index (χ0) is 16.0. The molecule has 2 heteroatoms. The van der Waals surface area contributed by atoms with E-state index in [-0.39, 0.29) is 5.41 Å². The van der Waals surface area contributed by atoms with E-state index in [1.807, 2.05) is 0 Å². The summed E-state index contributed by atoms with van der Waals surface area (Å²) >= 11 is 0. The van der Waals surface area contributed by atoms with Gasteiger partial charge in [-0.2, -0.15) is 0 Å². The van der Waals surface area contributed by atoms with E-state index in [4.69, 9.17) is 11.2 Å². The molecule has 0 heterocycles. The van der Waals surface area contributed by atoms with Crippen LogP contribution in [0.2, 0.25) is 0 Å². The third-order valence-corrected chi connectivity index (χ3v) is 6.30. The minimum atomic E-state index is -0.947. The van der Waals surface area contributed by atoms with Crippen LogP contribution in [0.15, 0.2) is 18.2 Å². The Morgan fingerprint density at radius 2 is 2.05 bits per heavy atom. The van der Waals surface area contributed by atoms with Gasteiger partial charge in [-0.05, 0) is 67.2 Å². The Kier molecular flexibility index (Phi) is 3.73. The summed E-state index contributed by atoms with van der Waals surface area (Å²) in [6.07, 6.45) is 10.8. The maximum Gasteiger partial charge on any atom is 0.130 e. The van der Waals surface area contributed by atoms with Gasteiger partial charge >= 0.3 is 0 Å². The second-order valence-electron chi connectivity index (χ2n) is 7.51. The fourth-order valence-electron chi connectivity index (χ4n) is 4.67. The first-order chi connectivity index (χ1) is 10.4. The average molecular weight is 298 g/mol. The van der Waals surface area contributed by atoms with E-state index in [1.165, 1.54) is 17.5 Å². The summed E-state index contributed by atoms with van der Waals surface area (Å²) in [4.78, 5) is 0. The van der Waals surface area contributed by atoms with Gasteiger partial charge in [-0.25, -0.2) is 0 Å². The largest absolute Gasteiger partial charge is 0.497 e. The van der Waals surface area contributed by atoms with Crippen molar-refractivity contribution in [2.45, 2.75) is 51.6 Å². The number of methoxy groups -OCH3 is 1. The first kappa shape index (κ1) is 15.4. The fourth-order valence-corrected chi connectivity index (χ4v) is 4.67. The maximum absolute atomic E-state index is 10.7. The maximum atomic E-state index is 10.7. The second-order valence-corrected chi connectivity index (χ2v) is 7.51. The predicted molar refractivity (Wildman–Crippen MR) is 88.8 cm³/mol. The van der Waals surface area contributed by atoms with Gasteiger partial charge < -0.3 is 9.84 Å². The first-order valence-electron chi connectivity index (χ1n) is 8.27. The molecule has 3 atom stereocenters. The molecule has 2 nitrogen and oxygen atoms in total. The van der Waals surface area contributed by atoms with E-state index in [9.17, 15) is 5.11 Å². The summed E-state index contributed by atoms with van der Waals surface area (Å²) in [7, 11) is 1.72. The van der Waals surface area contributed by atoms with E-state index in [0.717, 1.165) is 31.4 Å². The lowest BCUT2D eigenvalue weighted by Gasteiger charge is -2.41. The lowest BCUT2D eigenvalue weighted by Crippen LogP contribution is -2.44. The van der Waals surface area contributed by atoms with Crippen LogP contribution in [-0.4, -0.2) is 17.8 Å². The lowest BCUT2D eigenvalue weighted by molar-refractivity contribution is -0.0215. The number of hydrogen-bond acceptors (Lipinski definition) is 2. The molecule has 0 aromatic heterocycles. The summed E-state index contributed by atoms with van der Waals surface area (Å²) in [6, 6.07) is 6.43. The highest BCUT2D eigenvalue weighted by molar-refractivity contribution is 5.37. The van der Waals surface area contributed by atoms with E-state index < -0.39 is 5.60 Å². The van der Waals surface area contributed by atoms with Gasteiger partial charge in [0.15, 0.2) is 0 Å². The van der Waals surface area contributed by atoms with Crippen LogP contribution >= 0.6 is 0 Å². The second kappa shape index (κ2) is 5.32. The van der Waals surface area contributed by atoms with Gasteiger partial charge in [-0.3, -0.25) is 0 Å². The zero-order valence-corrected chi connectivity index (χ0v) is 13.9. The van der Waals surface area contributed by atoms with E-state index in [2.05, 4.69) is 38.0 Å². The van der Waals surface area contributed by atoms with E-state index in [0.29, 0.717) is 11.8 Å². The zero-order valence-electron chi connectivity index (χ0n) is 13.9. The third kappa shape index (κ3) is 2.23. The van der Waals surface area contributed by atoms with E-state index >= 15 is 0 Å². The molecule has 2 unspecified atom stereocenters. The van der Waals surface area contributed by atoms with Gasteiger partial charge in [0, 0.05) is 5.41 Å². The summed E-state index contributed by atoms with van der Waals surface area (Å²) in [5.41, 5.74) is 1.69. The quantitative estimate of drug-likeness (QED) is 0.845. The van der Waals surface area contributed by atoms with Crippen LogP contribution in [0, 0.1) is 29.6 Å². The minimum Gasteiger partial charge on any atom is -0.497 e. The number of rotatable bonds is 2. The van der Waals surface area contributed by atoms with Crippen LogP contribution < -0.4 is 4.74 Å². The fraction of sp³-hybridized carbons (Fsp3) is 0.600. The highest BCUT2D eigenvalue weighted by Gasteiger charge is 2.54. The van der Waals surface area contributed by atoms with Crippen molar-refractivity contribution in [2.75, 3.05) is 7.11 Å². The molecule has 1 aromatic carbocycles. The normalized spacial score (nSPS) is 33.0. The summed E-state index contributed by atoms with van der Waals surface area (Å²) in [5, 5.41) is 10.7. The Labute approximate surface area is 133 Å². The highest BCUT2D eigenvalue weighted by atomic mass is 16.5. The summed E-state index contributed by atoms with van der Waals surface area (Å²) in [6.45, 7) is 4.29. The smallest absolute Gasteiger partial charge is 0.130 e. The predicted octanol–water partition coefficient (Wildman–Crippen LogP) is 3.60. The number of aryl methyl sites for hydroxylation is 1. The van der Waals surface area contributed by atoms with Crippen molar-refractivity contribution in [1.82, 2.24) is 0 Å². The van der Waals surface area contributed by atoms with Crippen LogP contribution in [-0.2, 0) is 12.8 Å². The Bertz CT molecular complexity index is 611.